The van der Waals surface area contributed by atoms with E-state index in [9.17, 15) is 9.59 Å². The van der Waals surface area contributed by atoms with Crippen LogP contribution in [-0.4, -0.2) is 32.1 Å². The van der Waals surface area contributed by atoms with E-state index < -0.39 is 6.10 Å². The minimum Gasteiger partial charge on any atom is -0.493 e. The number of fused-ring (bicyclic) bond motifs is 1. The van der Waals surface area contributed by atoms with E-state index >= 15 is 0 Å². The van der Waals surface area contributed by atoms with Gasteiger partial charge in [0.05, 0.1) is 25.5 Å². The molecule has 0 aromatic heterocycles. The summed E-state index contributed by atoms with van der Waals surface area (Å²) in [5, 5.41) is 5.52. The zero-order chi connectivity index (χ0) is 18.0. The van der Waals surface area contributed by atoms with Crippen LogP contribution in [0, 0.1) is 0 Å². The first-order valence-electron chi connectivity index (χ1n) is 7.67. The van der Waals surface area contributed by atoms with Crippen molar-refractivity contribution in [3.8, 4) is 17.2 Å². The fraction of sp³-hybridized carbons (Fsp3) is 0.222. The van der Waals surface area contributed by atoms with Crippen LogP contribution in [0.5, 0.6) is 17.2 Å². The Balaban J connectivity index is 1.85. The zero-order valence-corrected chi connectivity index (χ0v) is 14.1. The molecular formula is C18H18N2O5. The Morgan fingerprint density at radius 3 is 2.72 bits per heavy atom. The lowest BCUT2D eigenvalue weighted by Crippen LogP contribution is -2.34. The molecule has 0 bridgehead atoms. The zero-order valence-electron chi connectivity index (χ0n) is 14.1. The quantitative estimate of drug-likeness (QED) is 0.892. The van der Waals surface area contributed by atoms with Crippen LogP contribution in [0.25, 0.3) is 0 Å². The number of anilines is 2. The molecule has 2 amide bonds. The van der Waals surface area contributed by atoms with Gasteiger partial charge in [-0.25, -0.2) is 0 Å². The van der Waals surface area contributed by atoms with Gasteiger partial charge in [-0.05, 0) is 37.3 Å². The molecule has 130 valence electrons. The van der Waals surface area contributed by atoms with Crippen molar-refractivity contribution in [3.05, 3.63) is 42.0 Å². The third-order valence-corrected chi connectivity index (χ3v) is 3.82. The average Bonchev–Trinajstić information content (AvgIpc) is 2.62. The number of carbonyl (C=O) groups is 2. The number of methoxy groups -OCH3 is 2. The van der Waals surface area contributed by atoms with Gasteiger partial charge < -0.3 is 24.8 Å². The Morgan fingerprint density at radius 1 is 1.20 bits per heavy atom. The molecule has 25 heavy (non-hydrogen) atoms. The molecule has 0 radical (unpaired) electrons. The van der Waals surface area contributed by atoms with E-state index in [1.165, 1.54) is 14.2 Å². The Bertz CT molecular complexity index is 834. The Labute approximate surface area is 144 Å². The van der Waals surface area contributed by atoms with E-state index in [-0.39, 0.29) is 11.8 Å². The Kier molecular flexibility index (Phi) is 4.47. The molecule has 2 aromatic rings. The largest absolute Gasteiger partial charge is 0.493 e. The summed E-state index contributed by atoms with van der Waals surface area (Å²) in [6, 6.07) is 10.1. The highest BCUT2D eigenvalue weighted by molar-refractivity contribution is 6.07. The van der Waals surface area contributed by atoms with Crippen molar-refractivity contribution in [1.82, 2.24) is 0 Å². The van der Waals surface area contributed by atoms with Crippen LogP contribution >= 0.6 is 0 Å². The van der Waals surface area contributed by atoms with Gasteiger partial charge in [0, 0.05) is 5.69 Å². The summed E-state index contributed by atoms with van der Waals surface area (Å²) in [5.74, 6) is 0.794. The first-order chi connectivity index (χ1) is 12.0. The molecule has 0 saturated heterocycles. The smallest absolute Gasteiger partial charge is 0.265 e. The summed E-state index contributed by atoms with van der Waals surface area (Å²) >= 11 is 0. The number of benzene rings is 2. The number of hydrogen-bond donors (Lipinski definition) is 2. The number of para-hydroxylation sites is 1. The third-order valence-electron chi connectivity index (χ3n) is 3.82. The second kappa shape index (κ2) is 6.72. The van der Waals surface area contributed by atoms with Crippen LogP contribution in [0.4, 0.5) is 11.4 Å². The van der Waals surface area contributed by atoms with Crippen molar-refractivity contribution in [2.45, 2.75) is 13.0 Å². The molecular weight excluding hydrogens is 324 g/mol. The van der Waals surface area contributed by atoms with Gasteiger partial charge in [0.2, 0.25) is 0 Å². The highest BCUT2D eigenvalue weighted by Gasteiger charge is 2.24. The average molecular weight is 342 g/mol. The van der Waals surface area contributed by atoms with Crippen molar-refractivity contribution in [2.75, 3.05) is 24.9 Å². The monoisotopic (exact) mass is 342 g/mol. The third kappa shape index (κ3) is 3.21. The van der Waals surface area contributed by atoms with Crippen molar-refractivity contribution in [3.63, 3.8) is 0 Å². The lowest BCUT2D eigenvalue weighted by Gasteiger charge is -2.23. The van der Waals surface area contributed by atoms with Crippen LogP contribution in [0.3, 0.4) is 0 Å². The van der Waals surface area contributed by atoms with Gasteiger partial charge >= 0.3 is 0 Å². The summed E-state index contributed by atoms with van der Waals surface area (Å²) in [4.78, 5) is 24.3. The number of nitrogens with one attached hydrogen (secondary N) is 2. The Hall–Kier alpha value is -3.22. The van der Waals surface area contributed by atoms with E-state index in [4.69, 9.17) is 14.2 Å². The van der Waals surface area contributed by atoms with Crippen LogP contribution in [-0.2, 0) is 4.79 Å². The molecule has 1 aliphatic rings. The van der Waals surface area contributed by atoms with E-state index in [0.29, 0.717) is 34.2 Å². The number of carbonyl (C=O) groups excluding carboxylic acids is 2. The predicted molar refractivity (Wildman–Crippen MR) is 92.7 cm³/mol. The minimum absolute atomic E-state index is 0.231. The molecule has 0 saturated carbocycles. The molecule has 2 N–H and O–H groups in total. The van der Waals surface area contributed by atoms with Crippen molar-refractivity contribution in [1.29, 1.82) is 0 Å². The second-order valence-electron chi connectivity index (χ2n) is 5.46. The standard InChI is InChI=1S/C18H18N2O5/c1-10-17(21)20-13-9-11(7-8-14(13)25-10)19-18(22)12-5-4-6-15(23-2)16(12)24-3/h4-10H,1-3H3,(H,19,22)(H,20,21)/t10-/m1/s1. The highest BCUT2D eigenvalue weighted by atomic mass is 16.5. The van der Waals surface area contributed by atoms with E-state index in [2.05, 4.69) is 10.6 Å². The predicted octanol–water partition coefficient (Wildman–Crippen LogP) is 2.68. The minimum atomic E-state index is -0.547. The van der Waals surface area contributed by atoms with Gasteiger partial charge in [0.15, 0.2) is 17.6 Å². The van der Waals surface area contributed by atoms with Crippen LogP contribution in [0.1, 0.15) is 17.3 Å². The first kappa shape index (κ1) is 16.6. The fourth-order valence-electron chi connectivity index (χ4n) is 2.55. The number of hydrogen-bond acceptors (Lipinski definition) is 5. The highest BCUT2D eigenvalue weighted by Crippen LogP contribution is 2.34. The van der Waals surface area contributed by atoms with Crippen molar-refractivity contribution in [2.24, 2.45) is 0 Å². The van der Waals surface area contributed by atoms with Crippen LogP contribution < -0.4 is 24.8 Å². The first-order valence-corrected chi connectivity index (χ1v) is 7.67. The second-order valence-corrected chi connectivity index (χ2v) is 5.46. The molecule has 7 nitrogen and oxygen atoms in total. The van der Waals surface area contributed by atoms with E-state index in [1.807, 2.05) is 0 Å². The van der Waals surface area contributed by atoms with Crippen LogP contribution in [0.15, 0.2) is 36.4 Å². The van der Waals surface area contributed by atoms with E-state index in [0.717, 1.165) is 0 Å². The molecule has 0 spiro atoms. The number of amides is 2. The molecule has 0 fully saturated rings. The number of ether oxygens (including phenoxy) is 3. The SMILES string of the molecule is COc1cccc(C(=O)Nc2ccc3c(c2)NC(=O)[C@@H](C)O3)c1OC. The molecule has 3 rings (SSSR count). The lowest BCUT2D eigenvalue weighted by atomic mass is 10.1. The van der Waals surface area contributed by atoms with Gasteiger partial charge in [-0.2, -0.15) is 0 Å². The molecule has 1 aliphatic heterocycles. The van der Waals surface area contributed by atoms with Crippen LogP contribution in [0.2, 0.25) is 0 Å². The van der Waals surface area contributed by atoms with Gasteiger partial charge in [0.25, 0.3) is 11.8 Å². The molecule has 0 unspecified atom stereocenters. The molecule has 1 heterocycles. The number of rotatable bonds is 4. The van der Waals surface area contributed by atoms with Crippen molar-refractivity contribution < 1.29 is 23.8 Å². The van der Waals surface area contributed by atoms with Gasteiger partial charge in [-0.1, -0.05) is 6.07 Å². The molecule has 1 atom stereocenters. The fourth-order valence-corrected chi connectivity index (χ4v) is 2.55. The topological polar surface area (TPSA) is 85.9 Å². The van der Waals surface area contributed by atoms with Gasteiger partial charge in [-0.15, -0.1) is 0 Å². The van der Waals surface area contributed by atoms with Gasteiger partial charge in [0.1, 0.15) is 5.75 Å². The summed E-state index contributed by atoms with van der Waals surface area (Å²) in [6.45, 7) is 1.67. The van der Waals surface area contributed by atoms with Crippen molar-refractivity contribution >= 4 is 23.2 Å². The van der Waals surface area contributed by atoms with Gasteiger partial charge in [-0.3, -0.25) is 9.59 Å². The lowest BCUT2D eigenvalue weighted by molar-refractivity contribution is -0.122. The molecule has 2 aromatic carbocycles. The maximum absolute atomic E-state index is 12.6. The molecule has 0 aliphatic carbocycles. The summed E-state index contributed by atoms with van der Waals surface area (Å²) in [5.41, 5.74) is 1.37. The summed E-state index contributed by atoms with van der Waals surface area (Å²) in [6.07, 6.45) is -0.547. The summed E-state index contributed by atoms with van der Waals surface area (Å²) < 4.78 is 16.0. The Morgan fingerprint density at radius 2 is 2.00 bits per heavy atom. The normalized spacial score (nSPS) is 15.5. The maximum Gasteiger partial charge on any atom is 0.265 e. The van der Waals surface area contributed by atoms with E-state index in [1.54, 1.807) is 43.3 Å². The molecule has 7 heteroatoms. The maximum atomic E-state index is 12.6. The summed E-state index contributed by atoms with van der Waals surface area (Å²) in [7, 11) is 2.98.